The zero-order chi connectivity index (χ0) is 25.7. The quantitative estimate of drug-likeness (QED) is 0.346. The van der Waals surface area contributed by atoms with Crippen LogP contribution in [0.5, 0.6) is 5.75 Å². The third kappa shape index (κ3) is 6.78. The van der Waals surface area contributed by atoms with Crippen LogP contribution in [-0.2, 0) is 36.3 Å². The second-order valence-electron chi connectivity index (χ2n) is 10.5. The molecule has 4 nitrogen and oxygen atoms in total. The molecular formula is C31H35NO3S. The monoisotopic (exact) mass is 501 g/mol. The van der Waals surface area contributed by atoms with Gasteiger partial charge in [-0.1, -0.05) is 63.1 Å². The molecule has 0 radical (unpaired) electrons. The molecule has 5 heteroatoms. The largest absolute Gasteiger partial charge is 0.489 e. The molecule has 0 spiro atoms. The van der Waals surface area contributed by atoms with E-state index in [0.717, 1.165) is 42.9 Å². The van der Waals surface area contributed by atoms with Gasteiger partial charge in [0.05, 0.1) is 12.3 Å². The maximum absolute atomic E-state index is 11.1. The molecule has 188 valence electrons. The van der Waals surface area contributed by atoms with E-state index in [2.05, 4.69) is 67.8 Å². The molecule has 1 atom stereocenters. The zero-order valence-electron chi connectivity index (χ0n) is 21.6. The number of aliphatic carboxylic acids is 1. The fourth-order valence-electron chi connectivity index (χ4n) is 4.54. The summed E-state index contributed by atoms with van der Waals surface area (Å²) in [6.45, 7) is 12.1. The molecule has 1 aromatic heterocycles. The summed E-state index contributed by atoms with van der Waals surface area (Å²) in [7, 11) is 0. The van der Waals surface area contributed by atoms with Crippen molar-refractivity contribution in [2.24, 2.45) is 0 Å². The third-order valence-corrected chi connectivity index (χ3v) is 8.13. The van der Waals surface area contributed by atoms with Gasteiger partial charge in [0, 0.05) is 29.4 Å². The molecule has 2 heterocycles. The summed E-state index contributed by atoms with van der Waals surface area (Å²) in [5, 5.41) is 9.14. The van der Waals surface area contributed by atoms with Crippen LogP contribution < -0.4 is 4.74 Å². The van der Waals surface area contributed by atoms with Crippen molar-refractivity contribution >= 4 is 17.3 Å². The SMILES string of the molecule is CC#C[C@@H](CC(=O)O)c1ccc(OCc2cccc(CN3CCc4sc(C(C)(C)C)cc4C3)c2)cc1. The molecule has 1 aliphatic rings. The molecule has 0 fully saturated rings. The van der Waals surface area contributed by atoms with Gasteiger partial charge < -0.3 is 9.84 Å². The highest BCUT2D eigenvalue weighted by Crippen LogP contribution is 2.35. The van der Waals surface area contributed by atoms with Crippen molar-refractivity contribution in [2.45, 2.75) is 71.6 Å². The van der Waals surface area contributed by atoms with Crippen molar-refractivity contribution in [3.63, 3.8) is 0 Å². The lowest BCUT2D eigenvalue weighted by Gasteiger charge is -2.27. The van der Waals surface area contributed by atoms with Crippen LogP contribution in [0.25, 0.3) is 0 Å². The number of ether oxygens (including phenoxy) is 1. The topological polar surface area (TPSA) is 49.8 Å². The average Bonchev–Trinajstić information content (AvgIpc) is 3.27. The number of nitrogens with zero attached hydrogens (tertiary/aromatic N) is 1. The number of benzene rings is 2. The van der Waals surface area contributed by atoms with Crippen LogP contribution in [0.1, 0.15) is 72.0 Å². The minimum atomic E-state index is -0.849. The van der Waals surface area contributed by atoms with Crippen LogP contribution in [0.15, 0.2) is 54.6 Å². The van der Waals surface area contributed by atoms with Crippen molar-refractivity contribution in [3.05, 3.63) is 86.6 Å². The maximum atomic E-state index is 11.1. The van der Waals surface area contributed by atoms with Crippen molar-refractivity contribution < 1.29 is 14.6 Å². The first-order valence-electron chi connectivity index (χ1n) is 12.5. The van der Waals surface area contributed by atoms with Gasteiger partial charge >= 0.3 is 5.97 Å². The molecule has 36 heavy (non-hydrogen) atoms. The highest BCUT2D eigenvalue weighted by molar-refractivity contribution is 7.12. The van der Waals surface area contributed by atoms with E-state index in [-0.39, 0.29) is 17.8 Å². The van der Waals surface area contributed by atoms with Crippen LogP contribution >= 0.6 is 11.3 Å². The fraction of sp³-hybridized carbons (Fsp3) is 0.387. The number of hydrogen-bond acceptors (Lipinski definition) is 4. The Morgan fingerprint density at radius 2 is 1.89 bits per heavy atom. The molecule has 0 saturated heterocycles. The number of carboxylic acids is 1. The molecule has 4 rings (SSSR count). The second-order valence-corrected chi connectivity index (χ2v) is 11.6. The van der Waals surface area contributed by atoms with Crippen molar-refractivity contribution in [1.82, 2.24) is 4.90 Å². The average molecular weight is 502 g/mol. The van der Waals surface area contributed by atoms with Gasteiger partial charge in [0.25, 0.3) is 0 Å². The van der Waals surface area contributed by atoms with E-state index in [9.17, 15) is 4.79 Å². The van der Waals surface area contributed by atoms with Gasteiger partial charge in [0.2, 0.25) is 0 Å². The van der Waals surface area contributed by atoms with Gasteiger partial charge in [-0.2, -0.15) is 0 Å². The smallest absolute Gasteiger partial charge is 0.304 e. The van der Waals surface area contributed by atoms with E-state index in [0.29, 0.717) is 6.61 Å². The van der Waals surface area contributed by atoms with E-state index in [4.69, 9.17) is 9.84 Å². The first-order chi connectivity index (χ1) is 17.2. The van der Waals surface area contributed by atoms with E-state index >= 15 is 0 Å². The van der Waals surface area contributed by atoms with Crippen LogP contribution in [0.4, 0.5) is 0 Å². The van der Waals surface area contributed by atoms with E-state index in [1.165, 1.54) is 16.0 Å². The Morgan fingerprint density at radius 3 is 2.58 bits per heavy atom. The van der Waals surface area contributed by atoms with Gasteiger partial charge in [0.1, 0.15) is 12.4 Å². The van der Waals surface area contributed by atoms with E-state index in [1.54, 1.807) is 11.8 Å². The van der Waals surface area contributed by atoms with Gasteiger partial charge in [-0.05, 0) is 59.2 Å². The number of carbonyl (C=O) groups is 1. The molecule has 0 saturated carbocycles. The van der Waals surface area contributed by atoms with Gasteiger partial charge in [-0.25, -0.2) is 0 Å². The number of fused-ring (bicyclic) bond motifs is 1. The van der Waals surface area contributed by atoms with Gasteiger partial charge in [0.15, 0.2) is 0 Å². The summed E-state index contributed by atoms with van der Waals surface area (Å²) in [5.74, 6) is 5.42. The van der Waals surface area contributed by atoms with Crippen molar-refractivity contribution in [2.75, 3.05) is 6.54 Å². The number of hydrogen-bond donors (Lipinski definition) is 1. The highest BCUT2D eigenvalue weighted by Gasteiger charge is 2.24. The summed E-state index contributed by atoms with van der Waals surface area (Å²) in [6.07, 6.45) is 1.13. The fourth-order valence-corrected chi connectivity index (χ4v) is 5.76. The Balaban J connectivity index is 1.34. The van der Waals surface area contributed by atoms with E-state index in [1.807, 2.05) is 35.6 Å². The minimum Gasteiger partial charge on any atom is -0.489 e. The third-order valence-electron chi connectivity index (χ3n) is 6.47. The van der Waals surface area contributed by atoms with Crippen LogP contribution in [0.2, 0.25) is 0 Å². The van der Waals surface area contributed by atoms with Crippen LogP contribution in [0.3, 0.4) is 0 Å². The molecule has 1 aliphatic heterocycles. The van der Waals surface area contributed by atoms with E-state index < -0.39 is 5.97 Å². The number of thiophene rings is 1. The summed E-state index contributed by atoms with van der Waals surface area (Å²) >= 11 is 1.99. The van der Waals surface area contributed by atoms with Crippen LogP contribution in [0, 0.1) is 11.8 Å². The normalized spacial score (nSPS) is 14.4. The van der Waals surface area contributed by atoms with Crippen molar-refractivity contribution in [1.29, 1.82) is 0 Å². The number of carboxylic acid groups (broad SMARTS) is 1. The van der Waals surface area contributed by atoms with Crippen molar-refractivity contribution in [3.8, 4) is 17.6 Å². The Labute approximate surface area is 218 Å². The Bertz CT molecular complexity index is 1260. The standard InChI is InChI=1S/C31H35NO3S/c1-5-7-25(18-30(33)34)24-10-12-27(13-11-24)35-21-23-9-6-8-22(16-23)19-32-15-14-28-26(20-32)17-29(36-28)31(2,3)4/h6,8-13,16-17,25H,14-15,18-21H2,1-4H3,(H,33,34)/t25-/m0/s1. The summed E-state index contributed by atoms with van der Waals surface area (Å²) < 4.78 is 6.03. The molecule has 2 aromatic carbocycles. The molecule has 0 aliphatic carbocycles. The molecule has 0 amide bonds. The predicted molar refractivity (Wildman–Crippen MR) is 146 cm³/mol. The molecule has 0 bridgehead atoms. The Kier molecular flexibility index (Phi) is 8.18. The predicted octanol–water partition coefficient (Wildman–Crippen LogP) is 6.76. The Morgan fingerprint density at radius 1 is 1.14 bits per heavy atom. The van der Waals surface area contributed by atoms with Gasteiger partial charge in [-0.3, -0.25) is 9.69 Å². The molecule has 3 aromatic rings. The lowest BCUT2D eigenvalue weighted by Crippen LogP contribution is -2.29. The minimum absolute atomic E-state index is 0.00364. The first kappa shape index (κ1) is 26.0. The lowest BCUT2D eigenvalue weighted by atomic mass is 9.93. The second kappa shape index (κ2) is 11.3. The maximum Gasteiger partial charge on any atom is 0.304 e. The molecule has 0 unspecified atom stereocenters. The first-order valence-corrected chi connectivity index (χ1v) is 13.3. The highest BCUT2D eigenvalue weighted by atomic mass is 32.1. The molecule has 1 N–H and O–H groups in total. The summed E-state index contributed by atoms with van der Waals surface area (Å²) in [4.78, 5) is 16.7. The Hall–Kier alpha value is -3.07. The zero-order valence-corrected chi connectivity index (χ0v) is 22.5. The number of rotatable bonds is 8. The summed E-state index contributed by atoms with van der Waals surface area (Å²) in [5.41, 5.74) is 5.04. The molecular weight excluding hydrogens is 466 g/mol. The summed E-state index contributed by atoms with van der Waals surface area (Å²) in [6, 6.07) is 18.6. The van der Waals surface area contributed by atoms with Crippen LogP contribution in [-0.4, -0.2) is 22.5 Å². The van der Waals surface area contributed by atoms with Gasteiger partial charge in [-0.15, -0.1) is 17.3 Å². The lowest BCUT2D eigenvalue weighted by molar-refractivity contribution is -0.137.